The van der Waals surface area contributed by atoms with Gasteiger partial charge in [0.15, 0.2) is 0 Å². The number of nitrogens with zero attached hydrogens (tertiary/aromatic N) is 1. The Morgan fingerprint density at radius 1 is 1.34 bits per heavy atom. The van der Waals surface area contributed by atoms with Gasteiger partial charge >= 0.3 is 11.9 Å². The molecule has 2 fully saturated rings. The second-order valence-electron chi connectivity index (χ2n) is 7.82. The first-order valence-corrected chi connectivity index (χ1v) is 11.0. The third kappa shape index (κ3) is 4.02. The van der Waals surface area contributed by atoms with Gasteiger partial charge in [0.05, 0.1) is 34.2 Å². The van der Waals surface area contributed by atoms with E-state index in [0.717, 1.165) is 22.9 Å². The van der Waals surface area contributed by atoms with Gasteiger partial charge < -0.3 is 24.8 Å². The molecule has 10 heteroatoms. The van der Waals surface area contributed by atoms with Crippen LogP contribution in [-0.4, -0.2) is 63.6 Å². The van der Waals surface area contributed by atoms with Crippen LogP contribution in [-0.2, 0) is 23.9 Å². The standard InChI is InChI=1S/C19H26N2O6S2/c1-8(2)18(24)26-7-27-19(25)14-15(29-11-5-6-20-16(11)28)9(3)13-12(10(4)22)17(23)21(13)14/h8-13,22H,5-7H2,1-4H3,(H,20,28)/t9-,10-,11-,12-,13-/m1/s1. The third-order valence-electron chi connectivity index (χ3n) is 5.43. The number of hydrogen-bond acceptors (Lipinski definition) is 8. The number of aliphatic hydroxyl groups excluding tert-OH is 1. The molecule has 0 aromatic heterocycles. The van der Waals surface area contributed by atoms with Crippen molar-refractivity contribution in [2.24, 2.45) is 17.8 Å². The molecule has 3 heterocycles. The second-order valence-corrected chi connectivity index (χ2v) is 9.51. The SMILES string of the molecule is CC(C)C(=O)OCOC(=O)C1=C(S[C@@H]2CCNC2=S)[C@H](C)[C@@H]2[C@@H]([C@@H](C)O)C(=O)N12. The molecule has 160 valence electrons. The maximum Gasteiger partial charge on any atom is 0.358 e. The highest BCUT2D eigenvalue weighted by molar-refractivity contribution is 8.05. The van der Waals surface area contributed by atoms with Crippen molar-refractivity contribution in [3.63, 3.8) is 0 Å². The van der Waals surface area contributed by atoms with Crippen molar-refractivity contribution in [3.8, 4) is 0 Å². The lowest BCUT2D eigenvalue weighted by atomic mass is 9.79. The van der Waals surface area contributed by atoms with Crippen molar-refractivity contribution in [2.75, 3.05) is 13.3 Å². The molecule has 0 bridgehead atoms. The van der Waals surface area contributed by atoms with E-state index >= 15 is 0 Å². The van der Waals surface area contributed by atoms with Crippen LogP contribution in [0.25, 0.3) is 0 Å². The number of rotatable bonds is 7. The maximum absolute atomic E-state index is 12.8. The summed E-state index contributed by atoms with van der Waals surface area (Å²) in [5.41, 5.74) is 0.171. The maximum atomic E-state index is 12.8. The van der Waals surface area contributed by atoms with Gasteiger partial charge in [-0.3, -0.25) is 9.59 Å². The predicted octanol–water partition coefficient (Wildman–Crippen LogP) is 1.18. The molecule has 0 radical (unpaired) electrons. The molecule has 5 atom stereocenters. The van der Waals surface area contributed by atoms with Crippen molar-refractivity contribution >= 4 is 46.8 Å². The van der Waals surface area contributed by atoms with Crippen molar-refractivity contribution in [2.45, 2.75) is 51.5 Å². The summed E-state index contributed by atoms with van der Waals surface area (Å²) in [6.07, 6.45) is 0.0148. The number of thiocarbonyl (C=S) groups is 1. The number of hydrogen-bond donors (Lipinski definition) is 2. The molecule has 29 heavy (non-hydrogen) atoms. The minimum absolute atomic E-state index is 0.0165. The Morgan fingerprint density at radius 3 is 2.59 bits per heavy atom. The lowest BCUT2D eigenvalue weighted by Gasteiger charge is -2.46. The molecule has 1 amide bonds. The fraction of sp³-hybridized carbons (Fsp3) is 0.684. The first-order chi connectivity index (χ1) is 13.6. The van der Waals surface area contributed by atoms with Crippen LogP contribution in [0.4, 0.5) is 0 Å². The van der Waals surface area contributed by atoms with Crippen LogP contribution >= 0.6 is 24.0 Å². The van der Waals surface area contributed by atoms with E-state index in [4.69, 9.17) is 21.7 Å². The van der Waals surface area contributed by atoms with E-state index in [0.29, 0.717) is 0 Å². The van der Waals surface area contributed by atoms with Gasteiger partial charge in [0.25, 0.3) is 0 Å². The van der Waals surface area contributed by atoms with Crippen LogP contribution in [0, 0.1) is 17.8 Å². The van der Waals surface area contributed by atoms with Gasteiger partial charge in [0.2, 0.25) is 12.7 Å². The first-order valence-electron chi connectivity index (χ1n) is 9.68. The number of amides is 1. The molecular weight excluding hydrogens is 416 g/mol. The van der Waals surface area contributed by atoms with Gasteiger partial charge in [-0.05, 0) is 13.3 Å². The van der Waals surface area contributed by atoms with Gasteiger partial charge in [0, 0.05) is 17.4 Å². The number of carbonyl (C=O) groups is 3. The summed E-state index contributed by atoms with van der Waals surface area (Å²) in [6, 6.07) is -0.298. The van der Waals surface area contributed by atoms with Gasteiger partial charge in [0.1, 0.15) is 5.70 Å². The van der Waals surface area contributed by atoms with Crippen molar-refractivity contribution < 1.29 is 29.0 Å². The van der Waals surface area contributed by atoms with Gasteiger partial charge in [-0.25, -0.2) is 4.79 Å². The quantitative estimate of drug-likeness (QED) is 0.260. The van der Waals surface area contributed by atoms with E-state index in [1.54, 1.807) is 20.8 Å². The molecule has 0 aliphatic carbocycles. The van der Waals surface area contributed by atoms with Crippen LogP contribution < -0.4 is 5.32 Å². The highest BCUT2D eigenvalue weighted by Crippen LogP contribution is 2.52. The number of fused-ring (bicyclic) bond motifs is 1. The average molecular weight is 443 g/mol. The smallest absolute Gasteiger partial charge is 0.358 e. The number of thioether (sulfide) groups is 1. The van der Waals surface area contributed by atoms with E-state index < -0.39 is 30.8 Å². The van der Waals surface area contributed by atoms with E-state index in [-0.39, 0.29) is 34.7 Å². The number of carbonyl (C=O) groups excluding carboxylic acids is 3. The molecule has 8 nitrogen and oxygen atoms in total. The highest BCUT2D eigenvalue weighted by Gasteiger charge is 2.60. The molecule has 3 rings (SSSR count). The van der Waals surface area contributed by atoms with Crippen LogP contribution in [0.3, 0.4) is 0 Å². The minimum atomic E-state index is -0.811. The summed E-state index contributed by atoms with van der Waals surface area (Å²) >= 11 is 6.82. The van der Waals surface area contributed by atoms with Crippen molar-refractivity contribution in [1.82, 2.24) is 10.2 Å². The number of esters is 2. The zero-order chi connectivity index (χ0) is 21.5. The van der Waals surface area contributed by atoms with Gasteiger partial charge in [-0.2, -0.15) is 0 Å². The zero-order valence-corrected chi connectivity index (χ0v) is 18.5. The molecule has 3 aliphatic rings. The lowest BCUT2D eigenvalue weighted by molar-refractivity contribution is -0.173. The predicted molar refractivity (Wildman–Crippen MR) is 110 cm³/mol. The van der Waals surface area contributed by atoms with Crippen molar-refractivity contribution in [1.29, 1.82) is 0 Å². The molecular formula is C19H26N2O6S2. The Morgan fingerprint density at radius 2 is 2.03 bits per heavy atom. The summed E-state index contributed by atoms with van der Waals surface area (Å²) < 4.78 is 10.1. The Kier molecular flexibility index (Phi) is 6.54. The van der Waals surface area contributed by atoms with Crippen LogP contribution in [0.2, 0.25) is 0 Å². The Bertz CT molecular complexity index is 766. The molecule has 0 aromatic carbocycles. The highest BCUT2D eigenvalue weighted by atomic mass is 32.2. The molecule has 0 unspecified atom stereocenters. The van der Waals surface area contributed by atoms with Crippen LogP contribution in [0.1, 0.15) is 34.1 Å². The lowest BCUT2D eigenvalue weighted by Crippen LogP contribution is -2.63. The number of β-lactam (4-membered cyclic amide) rings is 1. The Hall–Kier alpha value is -1.65. The first kappa shape index (κ1) is 22.0. The zero-order valence-electron chi connectivity index (χ0n) is 16.8. The van der Waals surface area contributed by atoms with E-state index in [1.807, 2.05) is 6.92 Å². The minimum Gasteiger partial charge on any atom is -0.428 e. The Labute approximate surface area is 179 Å². The second kappa shape index (κ2) is 8.61. The monoisotopic (exact) mass is 442 g/mol. The average Bonchev–Trinajstić information content (AvgIpc) is 3.15. The molecule has 0 spiro atoms. The fourth-order valence-corrected chi connectivity index (χ4v) is 5.63. The number of nitrogens with one attached hydrogen (secondary N) is 1. The number of ether oxygens (including phenoxy) is 2. The summed E-state index contributed by atoms with van der Waals surface area (Å²) in [4.78, 5) is 39.9. The molecule has 0 saturated carbocycles. The summed E-state index contributed by atoms with van der Waals surface area (Å²) in [5, 5.41) is 13.2. The normalized spacial score (nSPS) is 29.5. The Balaban J connectivity index is 1.81. The number of aliphatic hydroxyl groups is 1. The topological polar surface area (TPSA) is 105 Å². The van der Waals surface area contributed by atoms with E-state index in [1.165, 1.54) is 16.7 Å². The van der Waals surface area contributed by atoms with Gasteiger partial charge in [-0.1, -0.05) is 33.0 Å². The summed E-state index contributed by atoms with van der Waals surface area (Å²) in [5.74, 6) is -2.52. The van der Waals surface area contributed by atoms with Crippen LogP contribution in [0.5, 0.6) is 0 Å². The fourth-order valence-electron chi connectivity index (χ4n) is 3.88. The largest absolute Gasteiger partial charge is 0.428 e. The van der Waals surface area contributed by atoms with E-state index in [2.05, 4.69) is 5.32 Å². The van der Waals surface area contributed by atoms with Crippen molar-refractivity contribution in [3.05, 3.63) is 10.6 Å². The van der Waals surface area contributed by atoms with E-state index in [9.17, 15) is 19.5 Å². The molecule has 3 aliphatic heterocycles. The third-order valence-corrected chi connectivity index (χ3v) is 7.58. The molecule has 2 N–H and O–H groups in total. The van der Waals surface area contributed by atoms with Crippen LogP contribution in [0.15, 0.2) is 10.6 Å². The van der Waals surface area contributed by atoms with Gasteiger partial charge in [-0.15, -0.1) is 11.8 Å². The molecule has 0 aromatic rings. The summed E-state index contributed by atoms with van der Waals surface area (Å²) in [7, 11) is 0. The molecule has 2 saturated heterocycles. The summed E-state index contributed by atoms with van der Waals surface area (Å²) in [6.45, 7) is 7.13.